The number of benzene rings is 1. The average molecular weight is 395 g/mol. The molecule has 1 fully saturated rings. The van der Waals surface area contributed by atoms with Crippen molar-refractivity contribution in [2.75, 3.05) is 0 Å². The van der Waals surface area contributed by atoms with Crippen molar-refractivity contribution in [1.82, 2.24) is 9.47 Å². The van der Waals surface area contributed by atoms with E-state index in [4.69, 9.17) is 16.6 Å². The number of rotatable bonds is 4. The van der Waals surface area contributed by atoms with Crippen LogP contribution in [0.2, 0.25) is 0 Å². The Morgan fingerprint density at radius 3 is 2.63 bits per heavy atom. The van der Waals surface area contributed by atoms with Crippen molar-refractivity contribution in [2.24, 2.45) is 0 Å². The highest BCUT2D eigenvalue weighted by molar-refractivity contribution is 8.26. The lowest BCUT2D eigenvalue weighted by atomic mass is 10.2. The van der Waals surface area contributed by atoms with Gasteiger partial charge in [0.15, 0.2) is 0 Å². The third kappa shape index (κ3) is 3.38. The van der Waals surface area contributed by atoms with E-state index in [-0.39, 0.29) is 5.91 Å². The molecule has 0 spiro atoms. The lowest BCUT2D eigenvalue weighted by Crippen LogP contribution is -2.27. The van der Waals surface area contributed by atoms with Gasteiger partial charge < -0.3 is 8.98 Å². The molecule has 0 radical (unpaired) electrons. The highest BCUT2D eigenvalue weighted by Crippen LogP contribution is 2.35. The molecule has 0 aliphatic carbocycles. The Kier molecular flexibility index (Phi) is 4.76. The molecule has 0 atom stereocenters. The molecule has 27 heavy (non-hydrogen) atoms. The SMILES string of the molecule is Cc1cc(C=C2SC(=S)N(Cc3ccco3)C2=O)c(C)n1-c1ccccc1. The Morgan fingerprint density at radius 1 is 1.15 bits per heavy atom. The molecule has 0 bridgehead atoms. The standard InChI is InChI=1S/C21H18N2O2S2/c1-14-11-16(15(2)23(14)17-7-4-3-5-8-17)12-19-20(24)22(21(26)27-19)13-18-9-6-10-25-18/h3-12H,13H2,1-2H3. The van der Waals surface area contributed by atoms with Gasteiger partial charge in [-0.2, -0.15) is 0 Å². The van der Waals surface area contributed by atoms with Crippen LogP contribution in [-0.4, -0.2) is 19.7 Å². The summed E-state index contributed by atoms with van der Waals surface area (Å²) in [5.74, 6) is 0.640. The molecule has 1 saturated heterocycles. The number of carbonyl (C=O) groups is 1. The third-order valence-corrected chi connectivity index (χ3v) is 5.92. The molecule has 1 amide bonds. The second-order valence-corrected chi connectivity index (χ2v) is 8.02. The van der Waals surface area contributed by atoms with Crippen LogP contribution in [0.25, 0.3) is 11.8 Å². The molecule has 4 nitrogen and oxygen atoms in total. The summed E-state index contributed by atoms with van der Waals surface area (Å²) in [5.41, 5.74) is 4.35. The summed E-state index contributed by atoms with van der Waals surface area (Å²) >= 11 is 6.74. The number of nitrogens with zero attached hydrogens (tertiary/aromatic N) is 2. The molecule has 0 saturated carbocycles. The van der Waals surface area contributed by atoms with Gasteiger partial charge in [0.1, 0.15) is 10.1 Å². The molecule has 6 heteroatoms. The molecule has 0 unspecified atom stereocenters. The van der Waals surface area contributed by atoms with E-state index < -0.39 is 0 Å². The van der Waals surface area contributed by atoms with Gasteiger partial charge in [-0.1, -0.05) is 42.2 Å². The maximum absolute atomic E-state index is 12.8. The maximum atomic E-state index is 12.8. The van der Waals surface area contributed by atoms with Crippen LogP contribution >= 0.6 is 24.0 Å². The predicted molar refractivity (Wildman–Crippen MR) is 113 cm³/mol. The van der Waals surface area contributed by atoms with E-state index in [1.807, 2.05) is 30.3 Å². The van der Waals surface area contributed by atoms with Crippen LogP contribution in [0.5, 0.6) is 0 Å². The number of amides is 1. The van der Waals surface area contributed by atoms with Crippen LogP contribution in [0, 0.1) is 13.8 Å². The van der Waals surface area contributed by atoms with Gasteiger partial charge >= 0.3 is 0 Å². The number of thioether (sulfide) groups is 1. The normalized spacial score (nSPS) is 15.9. The number of aromatic nitrogens is 1. The summed E-state index contributed by atoms with van der Waals surface area (Å²) in [6, 6.07) is 15.9. The average Bonchev–Trinajstić information content (AvgIpc) is 3.33. The lowest BCUT2D eigenvalue weighted by molar-refractivity contribution is -0.122. The Balaban J connectivity index is 1.65. The van der Waals surface area contributed by atoms with E-state index >= 15 is 0 Å². The van der Waals surface area contributed by atoms with Crippen LogP contribution in [0.1, 0.15) is 22.7 Å². The summed E-state index contributed by atoms with van der Waals surface area (Å²) in [6.07, 6.45) is 3.53. The summed E-state index contributed by atoms with van der Waals surface area (Å²) in [4.78, 5) is 15.0. The zero-order valence-electron chi connectivity index (χ0n) is 15.0. The van der Waals surface area contributed by atoms with E-state index in [1.165, 1.54) is 11.8 Å². The third-order valence-electron chi connectivity index (χ3n) is 4.54. The van der Waals surface area contributed by atoms with E-state index in [2.05, 4.69) is 36.6 Å². The van der Waals surface area contributed by atoms with Gasteiger partial charge in [-0.05, 0) is 55.8 Å². The molecule has 3 heterocycles. The number of thiocarbonyl (C=S) groups is 1. The summed E-state index contributed by atoms with van der Waals surface area (Å²) < 4.78 is 8.09. The Hall–Kier alpha value is -2.57. The first-order valence-corrected chi connectivity index (χ1v) is 9.79. The van der Waals surface area contributed by atoms with E-state index in [9.17, 15) is 4.79 Å². The minimum Gasteiger partial charge on any atom is -0.467 e. The fourth-order valence-electron chi connectivity index (χ4n) is 3.24. The zero-order chi connectivity index (χ0) is 19.0. The highest BCUT2D eigenvalue weighted by atomic mass is 32.2. The fraction of sp³-hybridized carbons (Fsp3) is 0.143. The smallest absolute Gasteiger partial charge is 0.266 e. The zero-order valence-corrected chi connectivity index (χ0v) is 16.6. The Morgan fingerprint density at radius 2 is 1.93 bits per heavy atom. The Labute approximate surface area is 167 Å². The van der Waals surface area contributed by atoms with E-state index in [0.717, 1.165) is 28.4 Å². The first-order valence-electron chi connectivity index (χ1n) is 8.56. The molecule has 1 aliphatic rings. The van der Waals surface area contributed by atoms with Gasteiger partial charge in [0.05, 0.1) is 17.7 Å². The topological polar surface area (TPSA) is 38.4 Å². The monoisotopic (exact) mass is 394 g/mol. The van der Waals surface area contributed by atoms with Gasteiger partial charge in [0.25, 0.3) is 5.91 Å². The number of aryl methyl sites for hydroxylation is 1. The summed E-state index contributed by atoms with van der Waals surface area (Å²) in [6.45, 7) is 4.49. The molecule has 4 rings (SSSR count). The first-order chi connectivity index (χ1) is 13.0. The second kappa shape index (κ2) is 7.21. The van der Waals surface area contributed by atoms with Crippen molar-refractivity contribution in [1.29, 1.82) is 0 Å². The fourth-order valence-corrected chi connectivity index (χ4v) is 4.49. The van der Waals surface area contributed by atoms with Crippen LogP contribution < -0.4 is 0 Å². The first kappa shape index (κ1) is 17.8. The van der Waals surface area contributed by atoms with E-state index in [1.54, 1.807) is 17.2 Å². The number of para-hydroxylation sites is 1. The van der Waals surface area contributed by atoms with Gasteiger partial charge in [-0.3, -0.25) is 9.69 Å². The molecule has 136 valence electrons. The second-order valence-electron chi connectivity index (χ2n) is 6.34. The highest BCUT2D eigenvalue weighted by Gasteiger charge is 2.32. The van der Waals surface area contributed by atoms with Crippen molar-refractivity contribution in [3.63, 3.8) is 0 Å². The van der Waals surface area contributed by atoms with E-state index in [0.29, 0.717) is 15.8 Å². The molecule has 0 N–H and O–H groups in total. The molecule has 3 aromatic rings. The van der Waals surface area contributed by atoms with Crippen LogP contribution in [-0.2, 0) is 11.3 Å². The maximum Gasteiger partial charge on any atom is 0.266 e. The predicted octanol–water partition coefficient (Wildman–Crippen LogP) is 5.09. The quantitative estimate of drug-likeness (QED) is 0.456. The molecular formula is C21H18N2O2S2. The largest absolute Gasteiger partial charge is 0.467 e. The molecule has 1 aliphatic heterocycles. The number of hydrogen-bond acceptors (Lipinski definition) is 4. The summed E-state index contributed by atoms with van der Waals surface area (Å²) in [7, 11) is 0. The Bertz CT molecular complexity index is 1030. The minimum atomic E-state index is -0.0779. The lowest BCUT2D eigenvalue weighted by Gasteiger charge is -2.12. The van der Waals surface area contributed by atoms with Gasteiger partial charge in [0, 0.05) is 17.1 Å². The summed E-state index contributed by atoms with van der Waals surface area (Å²) in [5, 5.41) is 0. The van der Waals surface area contributed by atoms with Crippen molar-refractivity contribution < 1.29 is 9.21 Å². The van der Waals surface area contributed by atoms with Crippen LogP contribution in [0.4, 0.5) is 0 Å². The van der Waals surface area contributed by atoms with Crippen molar-refractivity contribution >= 4 is 40.3 Å². The van der Waals surface area contributed by atoms with Crippen LogP contribution in [0.15, 0.2) is 64.1 Å². The van der Waals surface area contributed by atoms with Crippen molar-refractivity contribution in [3.05, 3.63) is 82.4 Å². The van der Waals surface area contributed by atoms with Gasteiger partial charge in [-0.15, -0.1) is 0 Å². The molecule has 2 aromatic heterocycles. The van der Waals surface area contributed by atoms with Gasteiger partial charge in [0.2, 0.25) is 0 Å². The number of furan rings is 1. The number of hydrogen-bond donors (Lipinski definition) is 0. The minimum absolute atomic E-state index is 0.0779. The van der Waals surface area contributed by atoms with Crippen molar-refractivity contribution in [3.8, 4) is 5.69 Å². The van der Waals surface area contributed by atoms with Gasteiger partial charge in [-0.25, -0.2) is 0 Å². The van der Waals surface area contributed by atoms with Crippen molar-refractivity contribution in [2.45, 2.75) is 20.4 Å². The number of carbonyl (C=O) groups excluding carboxylic acids is 1. The molecular weight excluding hydrogens is 376 g/mol. The molecule has 1 aromatic carbocycles. The van der Waals surface area contributed by atoms with Crippen LogP contribution in [0.3, 0.4) is 0 Å².